The summed E-state index contributed by atoms with van der Waals surface area (Å²) in [6.07, 6.45) is 5.00. The third-order valence-corrected chi connectivity index (χ3v) is 1.74. The second kappa shape index (κ2) is 4.43. The summed E-state index contributed by atoms with van der Waals surface area (Å²) in [7, 11) is 1.34. The minimum absolute atomic E-state index is 0.00872. The van der Waals surface area contributed by atoms with Crippen molar-refractivity contribution in [3.63, 3.8) is 0 Å². The SMILES string of the molecule is C#CCC(=O)c1ccc(F)c(OC)c1. The van der Waals surface area contributed by atoms with E-state index in [0.29, 0.717) is 5.56 Å². The predicted octanol–water partition coefficient (Wildman–Crippen LogP) is 2.04. The van der Waals surface area contributed by atoms with Gasteiger partial charge >= 0.3 is 0 Å². The van der Waals surface area contributed by atoms with Crippen molar-refractivity contribution >= 4 is 5.78 Å². The molecule has 0 saturated heterocycles. The maximum Gasteiger partial charge on any atom is 0.174 e. The van der Waals surface area contributed by atoms with Crippen molar-refractivity contribution < 1.29 is 13.9 Å². The number of hydrogen-bond donors (Lipinski definition) is 0. The van der Waals surface area contributed by atoms with Crippen molar-refractivity contribution in [2.24, 2.45) is 0 Å². The third-order valence-electron chi connectivity index (χ3n) is 1.74. The zero-order valence-corrected chi connectivity index (χ0v) is 7.71. The molecule has 0 atom stereocenters. The molecule has 0 fully saturated rings. The number of benzene rings is 1. The van der Waals surface area contributed by atoms with E-state index in [1.54, 1.807) is 0 Å². The summed E-state index contributed by atoms with van der Waals surface area (Å²) in [4.78, 5) is 11.3. The van der Waals surface area contributed by atoms with Gasteiger partial charge in [-0.1, -0.05) is 5.92 Å². The maximum atomic E-state index is 12.9. The van der Waals surface area contributed by atoms with Crippen molar-refractivity contribution in [2.45, 2.75) is 6.42 Å². The first kappa shape index (κ1) is 10.3. The molecule has 0 N–H and O–H groups in total. The van der Waals surface area contributed by atoms with Gasteiger partial charge in [-0.25, -0.2) is 4.39 Å². The molecule has 72 valence electrons. The van der Waals surface area contributed by atoms with Gasteiger partial charge in [0.2, 0.25) is 0 Å². The van der Waals surface area contributed by atoms with Crippen LogP contribution in [0, 0.1) is 18.2 Å². The number of hydrogen-bond acceptors (Lipinski definition) is 2. The lowest BCUT2D eigenvalue weighted by Crippen LogP contribution is -1.99. The summed E-state index contributed by atoms with van der Waals surface area (Å²) in [6, 6.07) is 3.91. The highest BCUT2D eigenvalue weighted by molar-refractivity contribution is 5.97. The van der Waals surface area contributed by atoms with Crippen LogP contribution in [0.1, 0.15) is 16.8 Å². The van der Waals surface area contributed by atoms with E-state index in [-0.39, 0.29) is 18.0 Å². The Morgan fingerprint density at radius 2 is 2.36 bits per heavy atom. The molecule has 1 rings (SSSR count). The first-order valence-corrected chi connectivity index (χ1v) is 3.99. The van der Waals surface area contributed by atoms with Crippen LogP contribution in [0.5, 0.6) is 5.75 Å². The lowest BCUT2D eigenvalue weighted by atomic mass is 10.1. The fraction of sp³-hybridized carbons (Fsp3) is 0.182. The van der Waals surface area contributed by atoms with Crippen molar-refractivity contribution in [2.75, 3.05) is 7.11 Å². The molecule has 0 radical (unpaired) electrons. The van der Waals surface area contributed by atoms with E-state index >= 15 is 0 Å². The van der Waals surface area contributed by atoms with E-state index < -0.39 is 5.82 Å². The van der Waals surface area contributed by atoms with Gasteiger partial charge in [0, 0.05) is 5.56 Å². The maximum absolute atomic E-state index is 12.9. The predicted molar refractivity (Wildman–Crippen MR) is 50.7 cm³/mol. The van der Waals surface area contributed by atoms with Crippen molar-refractivity contribution in [1.29, 1.82) is 0 Å². The van der Waals surface area contributed by atoms with Gasteiger partial charge in [-0.15, -0.1) is 6.42 Å². The number of halogens is 1. The molecule has 0 heterocycles. The molecule has 0 bridgehead atoms. The number of ether oxygens (including phenoxy) is 1. The van der Waals surface area contributed by atoms with Gasteiger partial charge in [0.1, 0.15) is 0 Å². The van der Waals surface area contributed by atoms with Gasteiger partial charge in [0.05, 0.1) is 13.5 Å². The summed E-state index contributed by atoms with van der Waals surface area (Å²) in [6.45, 7) is 0. The molecular weight excluding hydrogens is 183 g/mol. The molecule has 14 heavy (non-hydrogen) atoms. The molecule has 3 heteroatoms. The zero-order chi connectivity index (χ0) is 10.6. The van der Waals surface area contributed by atoms with Crippen LogP contribution in [0.4, 0.5) is 4.39 Å². The lowest BCUT2D eigenvalue weighted by molar-refractivity contribution is 0.0998. The van der Waals surface area contributed by atoms with E-state index in [0.717, 1.165) is 0 Å². The highest BCUT2D eigenvalue weighted by atomic mass is 19.1. The first-order chi connectivity index (χ1) is 6.69. The van der Waals surface area contributed by atoms with Gasteiger partial charge in [-0.3, -0.25) is 4.79 Å². The largest absolute Gasteiger partial charge is 0.494 e. The summed E-state index contributed by atoms with van der Waals surface area (Å²) in [5, 5.41) is 0. The van der Waals surface area contributed by atoms with Crippen LogP contribution in [-0.2, 0) is 0 Å². The first-order valence-electron chi connectivity index (χ1n) is 3.99. The molecule has 0 unspecified atom stereocenters. The van der Waals surface area contributed by atoms with Gasteiger partial charge in [-0.2, -0.15) is 0 Å². The Morgan fingerprint density at radius 1 is 1.64 bits per heavy atom. The quantitative estimate of drug-likeness (QED) is 0.541. The molecule has 0 aliphatic rings. The molecular formula is C11H9FO2. The number of terminal acetylenes is 1. The molecule has 0 aliphatic heterocycles. The van der Waals surface area contributed by atoms with Crippen LogP contribution < -0.4 is 4.74 Å². The summed E-state index contributed by atoms with van der Waals surface area (Å²) in [5.74, 6) is 1.57. The molecule has 1 aromatic rings. The molecule has 0 saturated carbocycles. The number of methoxy groups -OCH3 is 1. The van der Waals surface area contributed by atoms with E-state index in [2.05, 4.69) is 5.92 Å². The third kappa shape index (κ3) is 2.11. The average molecular weight is 192 g/mol. The van der Waals surface area contributed by atoms with Gasteiger partial charge in [0.25, 0.3) is 0 Å². The van der Waals surface area contributed by atoms with Crippen LogP contribution in [0.2, 0.25) is 0 Å². The fourth-order valence-corrected chi connectivity index (χ4v) is 1.03. The van der Waals surface area contributed by atoms with Crippen LogP contribution in [0.3, 0.4) is 0 Å². The van der Waals surface area contributed by atoms with E-state index in [9.17, 15) is 9.18 Å². The number of Topliss-reactive ketones (excluding diaryl/α,β-unsaturated/α-hetero) is 1. The normalized spacial score (nSPS) is 9.21. The monoisotopic (exact) mass is 192 g/mol. The van der Waals surface area contributed by atoms with Crippen LogP contribution in [0.25, 0.3) is 0 Å². The minimum atomic E-state index is -0.496. The standard InChI is InChI=1S/C11H9FO2/c1-3-4-10(13)8-5-6-9(12)11(7-8)14-2/h1,5-7H,4H2,2H3. The highest BCUT2D eigenvalue weighted by Gasteiger charge is 2.08. The average Bonchev–Trinajstić information content (AvgIpc) is 2.19. The summed E-state index contributed by atoms with van der Waals surface area (Å²) < 4.78 is 17.7. The second-order valence-corrected chi connectivity index (χ2v) is 2.65. The van der Waals surface area contributed by atoms with Crippen LogP contribution in [0.15, 0.2) is 18.2 Å². The van der Waals surface area contributed by atoms with E-state index in [4.69, 9.17) is 11.2 Å². The van der Waals surface area contributed by atoms with Crippen LogP contribution in [-0.4, -0.2) is 12.9 Å². The Balaban J connectivity index is 3.01. The number of carbonyl (C=O) groups excluding carboxylic acids is 1. The van der Waals surface area contributed by atoms with Crippen LogP contribution >= 0.6 is 0 Å². The Morgan fingerprint density at radius 3 is 2.93 bits per heavy atom. The second-order valence-electron chi connectivity index (χ2n) is 2.65. The highest BCUT2D eigenvalue weighted by Crippen LogP contribution is 2.18. The smallest absolute Gasteiger partial charge is 0.174 e. The number of rotatable bonds is 3. The molecule has 0 aromatic heterocycles. The minimum Gasteiger partial charge on any atom is -0.494 e. The molecule has 2 nitrogen and oxygen atoms in total. The Hall–Kier alpha value is -1.82. The van der Waals surface area contributed by atoms with Gasteiger partial charge in [-0.05, 0) is 18.2 Å². The zero-order valence-electron chi connectivity index (χ0n) is 7.71. The lowest BCUT2D eigenvalue weighted by Gasteiger charge is -2.03. The molecule has 1 aromatic carbocycles. The van der Waals surface area contributed by atoms with Crippen molar-refractivity contribution in [3.8, 4) is 18.1 Å². The summed E-state index contributed by atoms with van der Waals surface area (Å²) >= 11 is 0. The van der Waals surface area contributed by atoms with E-state index in [1.807, 2.05) is 0 Å². The topological polar surface area (TPSA) is 26.3 Å². The Kier molecular flexibility index (Phi) is 3.24. The van der Waals surface area contributed by atoms with Gasteiger partial charge in [0.15, 0.2) is 17.3 Å². The van der Waals surface area contributed by atoms with Gasteiger partial charge < -0.3 is 4.74 Å². The fourth-order valence-electron chi connectivity index (χ4n) is 1.03. The molecule has 0 aliphatic carbocycles. The number of carbonyl (C=O) groups is 1. The van der Waals surface area contributed by atoms with Crippen molar-refractivity contribution in [1.82, 2.24) is 0 Å². The number of ketones is 1. The van der Waals surface area contributed by atoms with E-state index in [1.165, 1.54) is 25.3 Å². The molecule has 0 spiro atoms. The Bertz CT molecular complexity index is 391. The van der Waals surface area contributed by atoms with Crippen molar-refractivity contribution in [3.05, 3.63) is 29.6 Å². The summed E-state index contributed by atoms with van der Waals surface area (Å²) in [5.41, 5.74) is 0.362. The molecule has 0 amide bonds. The Labute approximate surface area is 81.7 Å².